The molecule has 1 aromatic carbocycles. The van der Waals surface area contributed by atoms with Crippen LogP contribution in [0.1, 0.15) is 11.7 Å². The quantitative estimate of drug-likeness (QED) is 0.557. The number of nitro groups is 1. The third-order valence-corrected chi connectivity index (χ3v) is 4.06. The van der Waals surface area contributed by atoms with Crippen LogP contribution in [0.5, 0.6) is 0 Å². The van der Waals surface area contributed by atoms with E-state index < -0.39 is 11.0 Å². The van der Waals surface area contributed by atoms with Crippen LogP contribution in [0, 0.1) is 10.1 Å². The summed E-state index contributed by atoms with van der Waals surface area (Å²) in [6, 6.07) is 8.26. The maximum atomic E-state index is 11.1. The molecule has 0 radical (unpaired) electrons. The maximum absolute atomic E-state index is 11.1. The summed E-state index contributed by atoms with van der Waals surface area (Å²) >= 11 is 1.52. The molecule has 3 aromatic rings. The Balaban J connectivity index is 1.88. The predicted octanol–water partition coefficient (Wildman–Crippen LogP) is 3.35. The molecular weight excluding hydrogens is 302 g/mol. The Morgan fingerprint density at radius 2 is 2.23 bits per heavy atom. The highest BCUT2D eigenvalue weighted by Crippen LogP contribution is 2.30. The number of aliphatic hydroxyl groups is 1. The number of anilines is 1. The Kier molecular flexibility index (Phi) is 3.99. The van der Waals surface area contributed by atoms with Gasteiger partial charge in [0.1, 0.15) is 5.52 Å². The second kappa shape index (κ2) is 6.08. The fourth-order valence-corrected chi connectivity index (χ4v) is 2.96. The van der Waals surface area contributed by atoms with Gasteiger partial charge in [0.05, 0.1) is 22.1 Å². The van der Waals surface area contributed by atoms with E-state index >= 15 is 0 Å². The number of nitro benzene ring substituents is 1. The number of hydrogen-bond donors (Lipinski definition) is 2. The summed E-state index contributed by atoms with van der Waals surface area (Å²) in [7, 11) is 0. The van der Waals surface area contributed by atoms with E-state index in [0.29, 0.717) is 23.1 Å². The molecule has 0 saturated heterocycles. The molecule has 6 nitrogen and oxygen atoms in total. The van der Waals surface area contributed by atoms with Gasteiger partial charge in [-0.15, -0.1) is 0 Å². The predicted molar refractivity (Wildman–Crippen MR) is 86.2 cm³/mol. The van der Waals surface area contributed by atoms with E-state index in [1.165, 1.54) is 17.4 Å². The monoisotopic (exact) mass is 315 g/mol. The van der Waals surface area contributed by atoms with Crippen molar-refractivity contribution in [3.05, 3.63) is 63.0 Å². The molecule has 112 valence electrons. The molecule has 1 unspecified atom stereocenters. The molecule has 3 rings (SSSR count). The normalized spacial score (nSPS) is 12.2. The average molecular weight is 315 g/mol. The van der Waals surface area contributed by atoms with Crippen LogP contribution in [-0.4, -0.2) is 21.6 Å². The highest BCUT2D eigenvalue weighted by atomic mass is 32.1. The van der Waals surface area contributed by atoms with E-state index in [1.807, 2.05) is 16.8 Å². The van der Waals surface area contributed by atoms with E-state index in [0.717, 1.165) is 5.56 Å². The number of aromatic nitrogens is 1. The van der Waals surface area contributed by atoms with Gasteiger partial charge in [-0.25, -0.2) is 0 Å². The van der Waals surface area contributed by atoms with Crippen LogP contribution in [0.4, 0.5) is 11.4 Å². The lowest BCUT2D eigenvalue weighted by Crippen LogP contribution is -2.12. The second-order valence-electron chi connectivity index (χ2n) is 4.74. The molecule has 0 aliphatic rings. The number of hydrogen-bond acceptors (Lipinski definition) is 6. The zero-order valence-electron chi connectivity index (χ0n) is 11.5. The SMILES string of the molecule is O=[N+]([O-])c1ccc(NCC(O)c2ccsc2)c2ncccc12. The third-order valence-electron chi connectivity index (χ3n) is 3.36. The van der Waals surface area contributed by atoms with Crippen molar-refractivity contribution in [2.45, 2.75) is 6.10 Å². The van der Waals surface area contributed by atoms with Gasteiger partial charge in [-0.1, -0.05) is 0 Å². The van der Waals surface area contributed by atoms with Crippen molar-refractivity contribution in [1.82, 2.24) is 4.98 Å². The fourth-order valence-electron chi connectivity index (χ4n) is 2.25. The van der Waals surface area contributed by atoms with Gasteiger partial charge in [0.15, 0.2) is 0 Å². The van der Waals surface area contributed by atoms with Gasteiger partial charge < -0.3 is 10.4 Å². The molecule has 7 heteroatoms. The molecule has 0 bridgehead atoms. The van der Waals surface area contributed by atoms with Gasteiger partial charge in [-0.3, -0.25) is 15.1 Å². The number of thiophene rings is 1. The van der Waals surface area contributed by atoms with Gasteiger partial charge in [0.25, 0.3) is 5.69 Å². The van der Waals surface area contributed by atoms with Crippen LogP contribution in [0.15, 0.2) is 47.3 Å². The van der Waals surface area contributed by atoms with Crippen molar-refractivity contribution in [3.8, 4) is 0 Å². The van der Waals surface area contributed by atoms with Gasteiger partial charge >= 0.3 is 0 Å². The van der Waals surface area contributed by atoms with E-state index in [-0.39, 0.29) is 5.69 Å². The topological polar surface area (TPSA) is 88.3 Å². The van der Waals surface area contributed by atoms with Gasteiger partial charge in [-0.05, 0) is 40.6 Å². The molecule has 0 spiro atoms. The molecule has 0 aliphatic heterocycles. The van der Waals surface area contributed by atoms with Crippen LogP contribution >= 0.6 is 11.3 Å². The average Bonchev–Trinajstić information content (AvgIpc) is 3.06. The van der Waals surface area contributed by atoms with Crippen LogP contribution in [0.3, 0.4) is 0 Å². The molecular formula is C15H13N3O3S. The molecule has 2 N–H and O–H groups in total. The van der Waals surface area contributed by atoms with Crippen molar-refractivity contribution in [2.24, 2.45) is 0 Å². The van der Waals surface area contributed by atoms with Crippen molar-refractivity contribution >= 4 is 33.6 Å². The van der Waals surface area contributed by atoms with E-state index in [2.05, 4.69) is 10.3 Å². The molecule has 0 saturated carbocycles. The van der Waals surface area contributed by atoms with E-state index in [4.69, 9.17) is 0 Å². The zero-order valence-corrected chi connectivity index (χ0v) is 12.3. The number of fused-ring (bicyclic) bond motifs is 1. The van der Waals surface area contributed by atoms with Gasteiger partial charge in [0.2, 0.25) is 0 Å². The van der Waals surface area contributed by atoms with Crippen molar-refractivity contribution in [1.29, 1.82) is 0 Å². The molecule has 0 fully saturated rings. The molecule has 2 heterocycles. The fraction of sp³-hybridized carbons (Fsp3) is 0.133. The Morgan fingerprint density at radius 1 is 1.36 bits per heavy atom. The number of aliphatic hydroxyl groups excluding tert-OH is 1. The first-order chi connectivity index (χ1) is 10.7. The number of rotatable bonds is 5. The van der Waals surface area contributed by atoms with E-state index in [9.17, 15) is 15.2 Å². The third kappa shape index (κ3) is 2.76. The van der Waals surface area contributed by atoms with Crippen molar-refractivity contribution in [2.75, 3.05) is 11.9 Å². The molecule has 1 atom stereocenters. The first-order valence-electron chi connectivity index (χ1n) is 6.63. The first-order valence-corrected chi connectivity index (χ1v) is 7.57. The Hall–Kier alpha value is -2.51. The number of pyridine rings is 1. The maximum Gasteiger partial charge on any atom is 0.278 e. The largest absolute Gasteiger partial charge is 0.387 e. The van der Waals surface area contributed by atoms with E-state index in [1.54, 1.807) is 24.4 Å². The molecule has 0 amide bonds. The van der Waals surface area contributed by atoms with Gasteiger partial charge in [0, 0.05) is 18.8 Å². The molecule has 0 aliphatic carbocycles. The lowest BCUT2D eigenvalue weighted by atomic mass is 10.1. The lowest BCUT2D eigenvalue weighted by Gasteiger charge is -2.13. The minimum Gasteiger partial charge on any atom is -0.387 e. The van der Waals surface area contributed by atoms with Crippen molar-refractivity contribution < 1.29 is 10.0 Å². The summed E-state index contributed by atoms with van der Waals surface area (Å²) in [5.74, 6) is 0. The lowest BCUT2D eigenvalue weighted by molar-refractivity contribution is -0.383. The Bertz CT molecular complexity index is 805. The first kappa shape index (κ1) is 14.4. The van der Waals surface area contributed by atoms with Crippen molar-refractivity contribution in [3.63, 3.8) is 0 Å². The van der Waals surface area contributed by atoms with Gasteiger partial charge in [-0.2, -0.15) is 11.3 Å². The summed E-state index contributed by atoms with van der Waals surface area (Å²) in [4.78, 5) is 14.9. The standard InChI is InChI=1S/C15H13N3O3S/c19-14(10-5-7-22-9-10)8-17-12-3-4-13(18(20)21)11-2-1-6-16-15(11)12/h1-7,9,14,17,19H,8H2. The number of non-ortho nitro benzene ring substituents is 1. The van der Waals surface area contributed by atoms with Crippen LogP contribution in [0.25, 0.3) is 10.9 Å². The zero-order chi connectivity index (χ0) is 15.5. The minimum atomic E-state index is -0.639. The highest BCUT2D eigenvalue weighted by molar-refractivity contribution is 7.07. The Labute approximate surface area is 130 Å². The molecule has 22 heavy (non-hydrogen) atoms. The smallest absolute Gasteiger partial charge is 0.278 e. The number of nitrogens with one attached hydrogen (secondary N) is 1. The summed E-state index contributed by atoms with van der Waals surface area (Å²) < 4.78 is 0. The summed E-state index contributed by atoms with van der Waals surface area (Å²) in [6.07, 6.45) is 0.951. The van der Waals surface area contributed by atoms with Crippen LogP contribution in [-0.2, 0) is 0 Å². The summed E-state index contributed by atoms with van der Waals surface area (Å²) in [6.45, 7) is 0.306. The summed E-state index contributed by atoms with van der Waals surface area (Å²) in [5.41, 5.74) is 2.05. The second-order valence-corrected chi connectivity index (χ2v) is 5.52. The summed E-state index contributed by atoms with van der Waals surface area (Å²) in [5, 5.41) is 28.5. The highest BCUT2D eigenvalue weighted by Gasteiger charge is 2.15. The van der Waals surface area contributed by atoms with Crippen LogP contribution < -0.4 is 5.32 Å². The number of nitrogens with zero attached hydrogens (tertiary/aromatic N) is 2. The number of benzene rings is 1. The molecule has 2 aromatic heterocycles. The minimum absolute atomic E-state index is 0.0204. The van der Waals surface area contributed by atoms with Crippen LogP contribution in [0.2, 0.25) is 0 Å². The Morgan fingerprint density at radius 3 is 2.95 bits per heavy atom.